The largest absolute Gasteiger partial charge is 2.00 e. The van der Waals surface area contributed by atoms with E-state index in [1.807, 2.05) is 0 Å². The summed E-state index contributed by atoms with van der Waals surface area (Å²) in [6.07, 6.45) is 3.86. The summed E-state index contributed by atoms with van der Waals surface area (Å²) in [5.74, 6) is 0.194. The van der Waals surface area contributed by atoms with E-state index in [1.54, 1.807) is 13.8 Å². The molecule has 0 spiro atoms. The van der Waals surface area contributed by atoms with Crippen LogP contribution in [0.3, 0.4) is 0 Å². The second-order valence-electron chi connectivity index (χ2n) is 6.70. The number of carbonyl (C=O) groups excluding carboxylic acids is 2. The van der Waals surface area contributed by atoms with Gasteiger partial charge in [-0.1, -0.05) is 0 Å². The van der Waals surface area contributed by atoms with E-state index in [1.165, 1.54) is 6.92 Å². The fourth-order valence-electron chi connectivity index (χ4n) is 2.42. The first-order valence-electron chi connectivity index (χ1n) is 10.5. The van der Waals surface area contributed by atoms with Gasteiger partial charge in [0.1, 0.15) is 18.4 Å². The molecule has 3 aliphatic rings. The van der Waals surface area contributed by atoms with Gasteiger partial charge in [-0.3, -0.25) is 0 Å². The third kappa shape index (κ3) is 23.5. The Morgan fingerprint density at radius 1 is 0.938 bits per heavy atom. The fourth-order valence-corrected chi connectivity index (χ4v) is 2.42. The number of ketones is 1. The quantitative estimate of drug-likeness (QED) is 0.239. The molecule has 11 heteroatoms. The molecule has 1 atom stereocenters. The molecule has 1 N–H and O–H groups in total. The van der Waals surface area contributed by atoms with Gasteiger partial charge in [-0.05, 0) is 27.2 Å². The van der Waals surface area contributed by atoms with Crippen LogP contribution in [0, 0.1) is 6.92 Å². The average molecular weight is 540 g/mol. The van der Waals surface area contributed by atoms with Crippen LogP contribution in [0.5, 0.6) is 0 Å². The van der Waals surface area contributed by atoms with Gasteiger partial charge < -0.3 is 67.0 Å². The minimum absolute atomic E-state index is 0. The number of ether oxygens (including phenoxy) is 6. The summed E-state index contributed by atoms with van der Waals surface area (Å²) in [5, 5.41) is 8.90. The zero-order chi connectivity index (χ0) is 22.6. The van der Waals surface area contributed by atoms with E-state index in [9.17, 15) is 4.79 Å². The van der Waals surface area contributed by atoms with E-state index in [0.29, 0.717) is 39.3 Å². The van der Waals surface area contributed by atoms with Crippen LogP contribution >= 0.6 is 0 Å². The van der Waals surface area contributed by atoms with E-state index in [2.05, 4.69) is 6.92 Å². The van der Waals surface area contributed by atoms with Crippen LogP contribution in [-0.2, 0) is 38.0 Å². The van der Waals surface area contributed by atoms with Crippen LogP contribution in [-0.4, -0.2) is 105 Å². The van der Waals surface area contributed by atoms with E-state index >= 15 is 0 Å². The van der Waals surface area contributed by atoms with Crippen LogP contribution in [0.1, 0.15) is 52.9 Å². The Kier molecular flexibility index (Phi) is 29.9. The van der Waals surface area contributed by atoms with Crippen LogP contribution in [0.2, 0.25) is 0 Å². The summed E-state index contributed by atoms with van der Waals surface area (Å²) in [6, 6.07) is 0. The van der Waals surface area contributed by atoms with E-state index < -0.39 is 0 Å². The Morgan fingerprint density at radius 2 is 1.28 bits per heavy atom. The normalized spacial score (nSPS) is 19.0. The molecule has 0 saturated carbocycles. The van der Waals surface area contributed by atoms with Gasteiger partial charge in [-0.15, -0.1) is 6.42 Å². The molecule has 0 aromatic rings. The summed E-state index contributed by atoms with van der Waals surface area (Å²) in [4.78, 5) is 19.3. The van der Waals surface area contributed by atoms with Crippen molar-refractivity contribution in [3.63, 3.8) is 0 Å². The standard InChI is InChI=1S/C7H14O3.C7H12O3.C5H9O2.C2H4O.BrH.Mg/c2*1-6(8)2-3-7-9-4-5-10-7;1-2-5-6-3-4-7-5;1-2-3;;/h6-8H,2-5H2,1H3;7H,2-5H2,1H3;5H,1-4H2;2H,1H3;1H;/q;;-1;;;+2/p-1. The van der Waals surface area contributed by atoms with Crippen molar-refractivity contribution in [2.45, 2.75) is 77.8 Å². The predicted molar refractivity (Wildman–Crippen MR) is 115 cm³/mol. The molecule has 0 aromatic carbocycles. The number of Topliss-reactive ketones (excluding diaryl/α,β-unsaturated/α-hetero) is 1. The number of aldehydes is 1. The summed E-state index contributed by atoms with van der Waals surface area (Å²) < 4.78 is 30.6. The second-order valence-corrected chi connectivity index (χ2v) is 6.70. The van der Waals surface area contributed by atoms with Crippen molar-refractivity contribution in [1.82, 2.24) is 0 Å². The molecule has 9 nitrogen and oxygen atoms in total. The Morgan fingerprint density at radius 3 is 1.56 bits per heavy atom. The molecule has 186 valence electrons. The molecule has 3 fully saturated rings. The van der Waals surface area contributed by atoms with Gasteiger partial charge in [0.15, 0.2) is 12.6 Å². The number of hydrogen-bond acceptors (Lipinski definition) is 9. The zero-order valence-corrected chi connectivity index (χ0v) is 22.7. The zero-order valence-electron chi connectivity index (χ0n) is 19.7. The molecule has 0 bridgehead atoms. The van der Waals surface area contributed by atoms with Crippen LogP contribution in [0.25, 0.3) is 0 Å². The molecule has 0 aromatic heterocycles. The molecule has 3 heterocycles. The topological polar surface area (TPSA) is 110 Å². The molecule has 0 radical (unpaired) electrons. The van der Waals surface area contributed by atoms with Crippen molar-refractivity contribution in [1.29, 1.82) is 0 Å². The monoisotopic (exact) mass is 538 g/mol. The molecule has 3 saturated heterocycles. The third-order valence-electron chi connectivity index (χ3n) is 3.86. The number of aliphatic hydroxyl groups is 1. The van der Waals surface area contributed by atoms with Gasteiger partial charge in [0, 0.05) is 19.3 Å². The maximum atomic E-state index is 10.5. The van der Waals surface area contributed by atoms with E-state index in [4.69, 9.17) is 38.3 Å². The van der Waals surface area contributed by atoms with Crippen LogP contribution in [0.15, 0.2) is 0 Å². The molecular formula is C21H39BrMgO9. The number of halogens is 1. The summed E-state index contributed by atoms with van der Waals surface area (Å²) >= 11 is 0. The first-order valence-corrected chi connectivity index (χ1v) is 10.5. The van der Waals surface area contributed by atoms with Gasteiger partial charge >= 0.3 is 23.1 Å². The average Bonchev–Trinajstić information content (AvgIpc) is 3.50. The van der Waals surface area contributed by atoms with Crippen molar-refractivity contribution in [2.75, 3.05) is 39.6 Å². The van der Waals surface area contributed by atoms with E-state index in [0.717, 1.165) is 38.8 Å². The Labute approximate surface area is 219 Å². The number of aliphatic hydroxyl groups excluding tert-OH is 1. The minimum Gasteiger partial charge on any atom is -1.00 e. The first kappa shape index (κ1) is 36.9. The van der Waals surface area contributed by atoms with Crippen molar-refractivity contribution in [3.05, 3.63) is 6.92 Å². The fraction of sp³-hybridized carbons (Fsp3) is 0.857. The number of rotatable bonds is 7. The van der Waals surface area contributed by atoms with Crippen molar-refractivity contribution < 1.29 is 60.1 Å². The maximum absolute atomic E-state index is 10.5. The Balaban J connectivity index is -0.000000365. The summed E-state index contributed by atoms with van der Waals surface area (Å²) in [6.45, 7) is 12.6. The second kappa shape index (κ2) is 25.9. The summed E-state index contributed by atoms with van der Waals surface area (Å²) in [5.41, 5.74) is 0. The number of hydrogen-bond donors (Lipinski definition) is 1. The van der Waals surface area contributed by atoms with E-state index in [-0.39, 0.29) is 70.8 Å². The Bertz CT molecular complexity index is 412. The van der Waals surface area contributed by atoms with Gasteiger partial charge in [-0.25, -0.2) is 0 Å². The molecule has 3 rings (SSSR count). The van der Waals surface area contributed by atoms with Crippen LogP contribution in [0.4, 0.5) is 0 Å². The summed E-state index contributed by atoms with van der Waals surface area (Å²) in [7, 11) is 0. The molecule has 0 aliphatic carbocycles. The minimum atomic E-state index is -0.243. The first-order chi connectivity index (χ1) is 14.4. The van der Waals surface area contributed by atoms with Crippen molar-refractivity contribution >= 4 is 35.1 Å². The smallest absolute Gasteiger partial charge is 1.00 e. The number of carbonyl (C=O) groups is 2. The van der Waals surface area contributed by atoms with Gasteiger partial charge in [0.05, 0.1) is 45.7 Å². The predicted octanol–water partition coefficient (Wildman–Crippen LogP) is -1.34. The third-order valence-corrected chi connectivity index (χ3v) is 3.86. The van der Waals surface area contributed by atoms with Crippen molar-refractivity contribution in [2.24, 2.45) is 0 Å². The molecule has 32 heavy (non-hydrogen) atoms. The SMILES string of the molecule is CC(=O)CCC1OCCO1.CC(O)CCC1OCCO1.CC=O.[Br-].[CH2-]CC1OCCO1.[Mg+2]. The molecule has 1 unspecified atom stereocenters. The molecule has 0 amide bonds. The molecular weight excluding hydrogens is 500 g/mol. The maximum Gasteiger partial charge on any atom is 2.00 e. The van der Waals surface area contributed by atoms with Gasteiger partial charge in [-0.2, -0.15) is 0 Å². The van der Waals surface area contributed by atoms with Crippen LogP contribution < -0.4 is 17.0 Å². The molecule has 3 aliphatic heterocycles. The van der Waals surface area contributed by atoms with Gasteiger partial charge in [0.25, 0.3) is 0 Å². The van der Waals surface area contributed by atoms with Gasteiger partial charge in [0.2, 0.25) is 0 Å². The Hall–Kier alpha value is 0.306. The van der Waals surface area contributed by atoms with Crippen molar-refractivity contribution in [3.8, 4) is 0 Å².